The fourth-order valence-corrected chi connectivity index (χ4v) is 8.78. The molecule has 11 nitrogen and oxygen atoms in total. The lowest BCUT2D eigenvalue weighted by Crippen LogP contribution is -2.47. The molecule has 0 aromatic heterocycles. The van der Waals surface area contributed by atoms with Gasteiger partial charge in [0.2, 0.25) is 5.75 Å². The highest BCUT2D eigenvalue weighted by Crippen LogP contribution is 2.52. The molecule has 5 aliphatic rings. The Labute approximate surface area is 331 Å². The molecular weight excluding hydrogens is 709 g/mol. The number of methoxy groups -OCH3 is 3. The maximum atomic E-state index is 11.4. The normalized spacial score (nSPS) is 20.8. The number of likely N-dealkylation sites (N-methyl/N-ethyl adjacent to an activating group) is 3. The van der Waals surface area contributed by atoms with Gasteiger partial charge in [-0.25, -0.2) is 0 Å². The third kappa shape index (κ3) is 7.88. The van der Waals surface area contributed by atoms with Crippen LogP contribution in [0, 0.1) is 0 Å². The minimum atomic E-state index is -0.704. The molecule has 56 heavy (non-hydrogen) atoms. The van der Waals surface area contributed by atoms with Gasteiger partial charge in [-0.1, -0.05) is 18.2 Å². The summed E-state index contributed by atoms with van der Waals surface area (Å²) in [6.45, 7) is 6.19. The molecule has 4 aromatic rings. The maximum Gasteiger partial charge on any atom is 0.204 e. The van der Waals surface area contributed by atoms with Gasteiger partial charge in [0.15, 0.2) is 34.5 Å². The summed E-state index contributed by atoms with van der Waals surface area (Å²) < 4.78 is 38.4. The second kappa shape index (κ2) is 16.5. The first-order valence-corrected chi connectivity index (χ1v) is 19.9. The SMILES string of the molecule is COc1ccc2cc1Oc1ccc(cc1)C[C@H]1c3cc(c(OC)cc3CCN1C)Oc1c(OCC(O)CN3CCN(C)CC3)c(OC)cc3c1[C@H](C2)N(C)CC3. The Morgan fingerprint density at radius 3 is 2.05 bits per heavy atom. The Balaban J connectivity index is 1.27. The van der Waals surface area contributed by atoms with E-state index in [1.54, 1.807) is 21.3 Å². The fraction of sp³-hybridized carbons (Fsp3) is 0.467. The van der Waals surface area contributed by atoms with Crippen molar-refractivity contribution in [1.82, 2.24) is 19.6 Å². The van der Waals surface area contributed by atoms with Crippen LogP contribution in [0.25, 0.3) is 0 Å². The number of piperazine rings is 1. The van der Waals surface area contributed by atoms with E-state index in [9.17, 15) is 5.11 Å². The molecule has 0 saturated carbocycles. The lowest BCUT2D eigenvalue weighted by atomic mass is 9.87. The average Bonchev–Trinajstić information content (AvgIpc) is 3.20. The summed E-state index contributed by atoms with van der Waals surface area (Å²) in [5, 5.41) is 11.4. The molecule has 6 bridgehead atoms. The van der Waals surface area contributed by atoms with Gasteiger partial charge in [0.1, 0.15) is 18.5 Å². The molecule has 1 fully saturated rings. The molecule has 0 spiro atoms. The molecule has 9 rings (SSSR count). The van der Waals surface area contributed by atoms with Crippen molar-refractivity contribution in [1.29, 1.82) is 0 Å². The first-order valence-electron chi connectivity index (χ1n) is 19.9. The summed E-state index contributed by atoms with van der Waals surface area (Å²) in [5.41, 5.74) is 6.94. The highest BCUT2D eigenvalue weighted by Gasteiger charge is 2.35. The Bertz CT molecular complexity index is 2020. The predicted octanol–water partition coefficient (Wildman–Crippen LogP) is 6.14. The zero-order valence-corrected chi connectivity index (χ0v) is 33.7. The number of nitrogens with zero attached hydrogens (tertiary/aromatic N) is 4. The number of hydrogen-bond acceptors (Lipinski definition) is 11. The molecule has 0 radical (unpaired) electrons. The van der Waals surface area contributed by atoms with Crippen LogP contribution in [0.5, 0.6) is 46.0 Å². The van der Waals surface area contributed by atoms with Crippen molar-refractivity contribution < 1.29 is 33.5 Å². The molecule has 4 aromatic carbocycles. The second-order valence-corrected chi connectivity index (χ2v) is 15.8. The van der Waals surface area contributed by atoms with Crippen LogP contribution in [0.2, 0.25) is 0 Å². The topological polar surface area (TPSA) is 88.6 Å². The van der Waals surface area contributed by atoms with Crippen LogP contribution in [0.4, 0.5) is 0 Å². The van der Waals surface area contributed by atoms with Crippen molar-refractivity contribution >= 4 is 0 Å². The molecule has 1 unspecified atom stereocenters. The van der Waals surface area contributed by atoms with E-state index in [2.05, 4.69) is 83.2 Å². The molecule has 0 aliphatic carbocycles. The highest BCUT2D eigenvalue weighted by atomic mass is 16.6. The van der Waals surface area contributed by atoms with Gasteiger partial charge in [-0.05, 0) is 117 Å². The average molecular weight is 765 g/mol. The number of ether oxygens (including phenoxy) is 6. The summed E-state index contributed by atoms with van der Waals surface area (Å²) in [7, 11) is 11.5. The van der Waals surface area contributed by atoms with Crippen LogP contribution in [0.15, 0.2) is 60.7 Å². The third-order valence-electron chi connectivity index (χ3n) is 12.1. The van der Waals surface area contributed by atoms with Gasteiger partial charge in [0.25, 0.3) is 0 Å². The van der Waals surface area contributed by atoms with Crippen LogP contribution in [0.1, 0.15) is 45.5 Å². The Hall–Kier alpha value is -4.52. The van der Waals surface area contributed by atoms with Crippen molar-refractivity contribution in [3.05, 3.63) is 94.0 Å². The second-order valence-electron chi connectivity index (χ2n) is 15.8. The highest BCUT2D eigenvalue weighted by molar-refractivity contribution is 5.64. The van der Waals surface area contributed by atoms with Gasteiger partial charge in [-0.3, -0.25) is 14.7 Å². The van der Waals surface area contributed by atoms with Gasteiger partial charge in [-0.2, -0.15) is 0 Å². The van der Waals surface area contributed by atoms with Crippen molar-refractivity contribution in [2.24, 2.45) is 0 Å². The van der Waals surface area contributed by atoms with Crippen LogP contribution < -0.4 is 28.4 Å². The largest absolute Gasteiger partial charge is 0.493 e. The number of hydrogen-bond donors (Lipinski definition) is 1. The molecule has 11 heteroatoms. The smallest absolute Gasteiger partial charge is 0.204 e. The van der Waals surface area contributed by atoms with Crippen molar-refractivity contribution in [3.8, 4) is 46.0 Å². The molecule has 0 amide bonds. The molecular formula is C45H56N4O7. The minimum Gasteiger partial charge on any atom is -0.493 e. The predicted molar refractivity (Wildman–Crippen MR) is 217 cm³/mol. The summed E-state index contributed by atoms with van der Waals surface area (Å²) in [4.78, 5) is 9.41. The number of benzene rings is 4. The van der Waals surface area contributed by atoms with Gasteiger partial charge in [0, 0.05) is 63.5 Å². The standard InChI is InChI=1S/C45H56N4O7/c1-46-17-19-49(20-18-46)27-33(50)28-54-44-42(53-6)25-32-14-16-48(3)37-22-30-9-12-38(51-4)40(23-30)55-34-10-7-29(8-11-34)21-36-35-26-41(56-45(44)43(32)37)39(52-5)24-31(35)13-15-47(36)2/h7-12,23-26,33,36-37,50H,13-22,27-28H2,1-6H3/t33?,36-,37-/m0/s1. The van der Waals surface area contributed by atoms with E-state index in [0.717, 1.165) is 81.0 Å². The van der Waals surface area contributed by atoms with Gasteiger partial charge in [-0.15, -0.1) is 0 Å². The monoisotopic (exact) mass is 764 g/mol. The maximum absolute atomic E-state index is 11.4. The lowest BCUT2D eigenvalue weighted by molar-refractivity contribution is 0.0490. The van der Waals surface area contributed by atoms with E-state index >= 15 is 0 Å². The molecule has 298 valence electrons. The summed E-state index contributed by atoms with van der Waals surface area (Å²) in [5.74, 6) is 5.02. The quantitative estimate of drug-likeness (QED) is 0.225. The first-order chi connectivity index (χ1) is 27.2. The Morgan fingerprint density at radius 1 is 0.679 bits per heavy atom. The summed E-state index contributed by atoms with van der Waals surface area (Å²) >= 11 is 0. The minimum absolute atomic E-state index is 0.0841. The van der Waals surface area contributed by atoms with Crippen LogP contribution in [-0.2, 0) is 25.7 Å². The van der Waals surface area contributed by atoms with Gasteiger partial charge >= 0.3 is 0 Å². The van der Waals surface area contributed by atoms with Gasteiger partial charge < -0.3 is 38.4 Å². The summed E-state index contributed by atoms with van der Waals surface area (Å²) in [6, 6.07) is 21.0. The van der Waals surface area contributed by atoms with Crippen molar-refractivity contribution in [3.63, 3.8) is 0 Å². The molecule has 1 N–H and O–H groups in total. The van der Waals surface area contributed by atoms with Gasteiger partial charge in [0.05, 0.1) is 21.3 Å². The Morgan fingerprint density at radius 2 is 1.32 bits per heavy atom. The zero-order chi connectivity index (χ0) is 38.9. The van der Waals surface area contributed by atoms with Crippen LogP contribution in [0.3, 0.4) is 0 Å². The number of fused-ring (bicyclic) bond motifs is 2. The third-order valence-corrected chi connectivity index (χ3v) is 12.1. The van der Waals surface area contributed by atoms with E-state index in [4.69, 9.17) is 28.4 Å². The lowest BCUT2D eigenvalue weighted by Gasteiger charge is -2.38. The number of rotatable bonds is 8. The molecule has 5 heterocycles. The van der Waals surface area contributed by atoms with E-state index in [1.807, 2.05) is 18.2 Å². The van der Waals surface area contributed by atoms with E-state index in [1.165, 1.54) is 16.7 Å². The van der Waals surface area contributed by atoms with Crippen LogP contribution >= 0.6 is 0 Å². The number of β-amino-alcohol motifs (C(OH)–C–C–N with tert-alkyl or cyclic N) is 1. The Kier molecular flexibility index (Phi) is 11.3. The zero-order valence-electron chi connectivity index (χ0n) is 33.7. The summed E-state index contributed by atoms with van der Waals surface area (Å²) in [6.07, 6.45) is 2.50. The van der Waals surface area contributed by atoms with Crippen molar-refractivity contribution in [2.75, 3.05) is 94.9 Å². The molecule has 1 saturated heterocycles. The first kappa shape index (κ1) is 38.4. The fourth-order valence-electron chi connectivity index (χ4n) is 8.78. The van der Waals surface area contributed by atoms with E-state index < -0.39 is 6.10 Å². The molecule has 5 aliphatic heterocycles. The molecule has 3 atom stereocenters. The van der Waals surface area contributed by atoms with E-state index in [0.29, 0.717) is 53.2 Å². The number of aliphatic hydroxyl groups is 1. The van der Waals surface area contributed by atoms with E-state index in [-0.39, 0.29) is 18.7 Å². The van der Waals surface area contributed by atoms with Crippen LogP contribution in [-0.4, -0.2) is 126 Å². The number of aliphatic hydroxyl groups excluding tert-OH is 1. The van der Waals surface area contributed by atoms with Crippen molar-refractivity contribution in [2.45, 2.75) is 43.9 Å².